The summed E-state index contributed by atoms with van der Waals surface area (Å²) in [5.41, 5.74) is 1.26. The topological polar surface area (TPSA) is 52.4 Å². The van der Waals surface area contributed by atoms with Gasteiger partial charge in [-0.25, -0.2) is 0 Å². The minimum atomic E-state index is -0.478. The van der Waals surface area contributed by atoms with E-state index in [1.54, 1.807) is 12.1 Å². The Morgan fingerprint density at radius 3 is 2.33 bits per heavy atom. The van der Waals surface area contributed by atoms with E-state index >= 15 is 0 Å². The Labute approximate surface area is 155 Å². The lowest BCUT2D eigenvalue weighted by Gasteiger charge is -2.27. The maximum absolute atomic E-state index is 11.1. The second kappa shape index (κ2) is 7.11. The molecule has 24 heavy (non-hydrogen) atoms. The zero-order valence-corrected chi connectivity index (χ0v) is 16.3. The first-order valence-corrected chi connectivity index (χ1v) is 8.70. The van der Waals surface area contributed by atoms with Gasteiger partial charge in [0.15, 0.2) is 0 Å². The number of hydrogen-bond donors (Lipinski definition) is 0. The average molecular weight is 413 g/mol. The normalized spacial score (nSPS) is 11.6. The Morgan fingerprint density at radius 2 is 1.75 bits per heavy atom. The van der Waals surface area contributed by atoms with Crippen molar-refractivity contribution in [2.24, 2.45) is 0 Å². The van der Waals surface area contributed by atoms with Crippen molar-refractivity contribution in [3.63, 3.8) is 0 Å². The first-order valence-electron chi connectivity index (χ1n) is 7.53. The molecular weight excluding hydrogens is 394 g/mol. The van der Waals surface area contributed by atoms with E-state index in [0.29, 0.717) is 5.02 Å². The van der Waals surface area contributed by atoms with Crippen LogP contribution in [0.25, 0.3) is 0 Å². The van der Waals surface area contributed by atoms with Crippen LogP contribution in [0.2, 0.25) is 5.02 Å². The number of halogens is 2. The fourth-order valence-electron chi connectivity index (χ4n) is 2.47. The molecule has 0 aliphatic rings. The molecule has 0 unspecified atom stereocenters. The molecule has 0 bridgehead atoms. The third-order valence-electron chi connectivity index (χ3n) is 3.78. The smallest absolute Gasteiger partial charge is 0.271 e. The predicted octanol–water partition coefficient (Wildman–Crippen LogP) is 6.12. The molecule has 0 saturated carbocycles. The summed E-state index contributed by atoms with van der Waals surface area (Å²) in [5, 5.41) is 11.5. The van der Waals surface area contributed by atoms with Gasteiger partial charge in [0.25, 0.3) is 5.69 Å². The van der Waals surface area contributed by atoms with Crippen molar-refractivity contribution < 1.29 is 9.66 Å². The maximum atomic E-state index is 11.1. The highest BCUT2D eigenvalue weighted by Crippen LogP contribution is 2.38. The first kappa shape index (κ1) is 18.7. The first-order chi connectivity index (χ1) is 11.1. The van der Waals surface area contributed by atoms with Crippen molar-refractivity contribution in [2.75, 3.05) is 0 Å². The van der Waals surface area contributed by atoms with Gasteiger partial charge < -0.3 is 4.74 Å². The molecule has 0 spiro atoms. The van der Waals surface area contributed by atoms with Crippen LogP contribution in [0, 0.1) is 10.1 Å². The van der Waals surface area contributed by atoms with Crippen LogP contribution in [-0.2, 0) is 5.41 Å². The minimum Gasteiger partial charge on any atom is -0.491 e. The molecule has 6 heteroatoms. The lowest BCUT2D eigenvalue weighted by atomic mass is 9.78. The van der Waals surface area contributed by atoms with Crippen LogP contribution in [0.3, 0.4) is 0 Å². The maximum Gasteiger partial charge on any atom is 0.271 e. The highest BCUT2D eigenvalue weighted by Gasteiger charge is 2.27. The van der Waals surface area contributed by atoms with E-state index in [9.17, 15) is 10.1 Å². The van der Waals surface area contributed by atoms with E-state index in [-0.39, 0.29) is 11.8 Å². The number of nitro groups is 1. The van der Waals surface area contributed by atoms with Crippen molar-refractivity contribution >= 4 is 33.2 Å². The molecule has 0 aliphatic heterocycles. The third kappa shape index (κ3) is 4.28. The lowest BCUT2D eigenvalue weighted by Crippen LogP contribution is -2.19. The third-order valence-corrected chi connectivity index (χ3v) is 4.46. The van der Waals surface area contributed by atoms with E-state index in [1.165, 1.54) is 6.07 Å². The van der Waals surface area contributed by atoms with E-state index in [2.05, 4.69) is 15.9 Å². The molecule has 0 amide bonds. The molecular formula is C18H19BrClNO3. The summed E-state index contributed by atoms with van der Waals surface area (Å²) >= 11 is 9.59. The molecule has 2 aromatic rings. The van der Waals surface area contributed by atoms with Crippen molar-refractivity contribution in [2.45, 2.75) is 39.2 Å². The van der Waals surface area contributed by atoms with Crippen molar-refractivity contribution in [1.29, 1.82) is 0 Å². The zero-order valence-electron chi connectivity index (χ0n) is 14.0. The quantitative estimate of drug-likeness (QED) is 0.439. The Kier molecular flexibility index (Phi) is 5.56. The highest BCUT2D eigenvalue weighted by atomic mass is 79.9. The van der Waals surface area contributed by atoms with Crippen LogP contribution < -0.4 is 4.74 Å². The van der Waals surface area contributed by atoms with Gasteiger partial charge in [0.05, 0.1) is 11.0 Å². The summed E-state index contributed by atoms with van der Waals surface area (Å²) in [6.45, 7) is 7.94. The van der Waals surface area contributed by atoms with Gasteiger partial charge in [0.2, 0.25) is 0 Å². The molecule has 4 nitrogen and oxygen atoms in total. The average Bonchev–Trinajstić information content (AvgIpc) is 2.45. The summed E-state index contributed by atoms with van der Waals surface area (Å²) in [4.78, 5) is 10.7. The van der Waals surface area contributed by atoms with Crippen molar-refractivity contribution in [1.82, 2.24) is 0 Å². The van der Waals surface area contributed by atoms with Crippen molar-refractivity contribution in [3.8, 4) is 5.75 Å². The molecule has 2 aromatic carbocycles. The summed E-state index contributed by atoms with van der Waals surface area (Å²) in [5.74, 6) is 0.749. The van der Waals surface area contributed by atoms with Gasteiger partial charge in [0.1, 0.15) is 5.75 Å². The van der Waals surface area contributed by atoms with Gasteiger partial charge in [-0.15, -0.1) is 0 Å². The lowest BCUT2D eigenvalue weighted by molar-refractivity contribution is -0.384. The Hall–Kier alpha value is -1.59. The Balaban J connectivity index is 2.54. The second-order valence-electron chi connectivity index (χ2n) is 6.42. The number of nitrogens with zero attached hydrogens (tertiary/aromatic N) is 1. The van der Waals surface area contributed by atoms with E-state index in [4.69, 9.17) is 16.3 Å². The fourth-order valence-corrected chi connectivity index (χ4v) is 3.17. The molecule has 0 atom stereocenters. The van der Waals surface area contributed by atoms with Gasteiger partial charge >= 0.3 is 0 Å². The number of nitro benzene ring substituents is 1. The fraction of sp³-hybridized carbons (Fsp3) is 0.333. The molecule has 0 fully saturated rings. The van der Waals surface area contributed by atoms with E-state index in [1.807, 2.05) is 45.9 Å². The SMILES string of the molecule is CC(C)Oc1cc(Br)cc(C(C)(C)c2cc(Cl)cc([N+](=O)[O-])c2)c1. The van der Waals surface area contributed by atoms with Gasteiger partial charge in [-0.1, -0.05) is 41.4 Å². The molecule has 0 saturated heterocycles. The minimum absolute atomic E-state index is 0.0146. The molecule has 0 radical (unpaired) electrons. The molecule has 0 N–H and O–H groups in total. The summed E-state index contributed by atoms with van der Waals surface area (Å²) in [6.07, 6.45) is 0.0579. The highest BCUT2D eigenvalue weighted by molar-refractivity contribution is 9.10. The number of non-ortho nitro benzene ring substituents is 1. The van der Waals surface area contributed by atoms with Gasteiger partial charge in [0, 0.05) is 27.0 Å². The second-order valence-corrected chi connectivity index (χ2v) is 7.77. The van der Waals surface area contributed by atoms with Crippen LogP contribution >= 0.6 is 27.5 Å². The number of ether oxygens (including phenoxy) is 1. The molecule has 2 rings (SSSR count). The molecule has 0 aliphatic carbocycles. The number of hydrogen-bond acceptors (Lipinski definition) is 3. The van der Waals surface area contributed by atoms with Crippen LogP contribution in [0.5, 0.6) is 5.75 Å². The van der Waals surface area contributed by atoms with Gasteiger partial charge in [-0.2, -0.15) is 0 Å². The van der Waals surface area contributed by atoms with Crippen LogP contribution in [-0.4, -0.2) is 11.0 Å². The Bertz CT molecular complexity index is 775. The van der Waals surface area contributed by atoms with E-state index < -0.39 is 10.3 Å². The number of benzene rings is 2. The van der Waals surface area contributed by atoms with Crippen LogP contribution in [0.4, 0.5) is 5.69 Å². The summed E-state index contributed by atoms with van der Waals surface area (Å²) < 4.78 is 6.68. The van der Waals surface area contributed by atoms with Gasteiger partial charge in [-0.3, -0.25) is 10.1 Å². The zero-order chi connectivity index (χ0) is 18.1. The number of rotatable bonds is 5. The largest absolute Gasteiger partial charge is 0.491 e. The Morgan fingerprint density at radius 1 is 1.12 bits per heavy atom. The summed E-state index contributed by atoms with van der Waals surface area (Å²) in [6, 6.07) is 10.5. The standard InChI is InChI=1S/C18H19BrClNO3/c1-11(2)24-17-8-12(5-14(19)9-17)18(3,4)13-6-15(20)10-16(7-13)21(22)23/h5-11H,1-4H3. The molecule has 0 aromatic heterocycles. The van der Waals surface area contributed by atoms with Crippen LogP contribution in [0.15, 0.2) is 40.9 Å². The predicted molar refractivity (Wildman–Crippen MR) is 100 cm³/mol. The summed E-state index contributed by atoms with van der Waals surface area (Å²) in [7, 11) is 0. The molecule has 0 heterocycles. The van der Waals surface area contributed by atoms with E-state index in [0.717, 1.165) is 21.3 Å². The van der Waals surface area contributed by atoms with Crippen LogP contribution in [0.1, 0.15) is 38.8 Å². The van der Waals surface area contributed by atoms with Crippen molar-refractivity contribution in [3.05, 3.63) is 67.1 Å². The molecule has 128 valence electrons. The van der Waals surface area contributed by atoms with Gasteiger partial charge in [-0.05, 0) is 49.2 Å². The monoisotopic (exact) mass is 411 g/mol.